The lowest BCUT2D eigenvalue weighted by molar-refractivity contribution is -0.116. The predicted molar refractivity (Wildman–Crippen MR) is 123 cm³/mol. The van der Waals surface area contributed by atoms with Crippen LogP contribution < -0.4 is 14.8 Å². The minimum atomic E-state index is -4.09. The number of benzene rings is 3. The smallest absolute Gasteiger partial charge is 0.243 e. The van der Waals surface area contributed by atoms with Crippen LogP contribution in [-0.4, -0.2) is 39.4 Å². The SMILES string of the molecule is COc1ccc(NC(=O)CN(Cc2ccccc2F)S(=O)(=O)c2ccc(C)cc2)c(OC)c1. The first kappa shape index (κ1) is 24.2. The lowest BCUT2D eigenvalue weighted by Crippen LogP contribution is -2.37. The van der Waals surface area contributed by atoms with Crippen LogP contribution in [0, 0.1) is 12.7 Å². The van der Waals surface area contributed by atoms with Crippen LogP contribution in [-0.2, 0) is 21.4 Å². The van der Waals surface area contributed by atoms with Crippen molar-refractivity contribution in [1.29, 1.82) is 0 Å². The van der Waals surface area contributed by atoms with Crippen LogP contribution in [0.25, 0.3) is 0 Å². The summed E-state index contributed by atoms with van der Waals surface area (Å²) in [5.74, 6) is -0.276. The number of rotatable bonds is 9. The van der Waals surface area contributed by atoms with E-state index >= 15 is 0 Å². The molecule has 0 radical (unpaired) electrons. The maximum absolute atomic E-state index is 14.3. The van der Waals surface area contributed by atoms with Crippen molar-refractivity contribution in [2.45, 2.75) is 18.4 Å². The molecule has 0 spiro atoms. The van der Waals surface area contributed by atoms with Gasteiger partial charge in [0, 0.05) is 18.2 Å². The minimum absolute atomic E-state index is 0.0132. The summed E-state index contributed by atoms with van der Waals surface area (Å²) in [7, 11) is -1.15. The molecule has 3 aromatic rings. The van der Waals surface area contributed by atoms with Crippen molar-refractivity contribution >= 4 is 21.6 Å². The number of hydrogen-bond donors (Lipinski definition) is 1. The highest BCUT2D eigenvalue weighted by molar-refractivity contribution is 7.89. The summed E-state index contributed by atoms with van der Waals surface area (Å²) in [6.45, 7) is 0.999. The predicted octanol–water partition coefficient (Wildman–Crippen LogP) is 3.98. The quantitative estimate of drug-likeness (QED) is 0.509. The number of ether oxygens (including phenoxy) is 2. The number of amides is 1. The summed E-state index contributed by atoms with van der Waals surface area (Å²) in [5, 5.41) is 2.66. The van der Waals surface area contributed by atoms with Gasteiger partial charge in [-0.2, -0.15) is 4.31 Å². The van der Waals surface area contributed by atoms with E-state index in [4.69, 9.17) is 9.47 Å². The summed E-state index contributed by atoms with van der Waals surface area (Å²) in [4.78, 5) is 12.9. The maximum atomic E-state index is 14.3. The Morgan fingerprint density at radius 3 is 2.33 bits per heavy atom. The summed E-state index contributed by atoms with van der Waals surface area (Å²) >= 11 is 0. The topological polar surface area (TPSA) is 84.9 Å². The normalized spacial score (nSPS) is 11.3. The van der Waals surface area contributed by atoms with Gasteiger partial charge in [-0.05, 0) is 37.3 Å². The van der Waals surface area contributed by atoms with Gasteiger partial charge in [0.25, 0.3) is 0 Å². The van der Waals surface area contributed by atoms with Gasteiger partial charge in [-0.3, -0.25) is 4.79 Å². The molecule has 174 valence electrons. The van der Waals surface area contributed by atoms with E-state index in [0.29, 0.717) is 17.2 Å². The van der Waals surface area contributed by atoms with E-state index in [1.165, 1.54) is 44.6 Å². The molecular weight excluding hydrogens is 447 g/mol. The molecule has 0 aliphatic rings. The van der Waals surface area contributed by atoms with Crippen LogP contribution in [0.1, 0.15) is 11.1 Å². The Balaban J connectivity index is 1.90. The summed E-state index contributed by atoms with van der Waals surface area (Å²) in [5.41, 5.74) is 1.39. The molecule has 0 saturated heterocycles. The number of nitrogens with zero attached hydrogens (tertiary/aromatic N) is 1. The van der Waals surface area contributed by atoms with Gasteiger partial charge in [-0.15, -0.1) is 0 Å². The zero-order valence-corrected chi connectivity index (χ0v) is 19.4. The van der Waals surface area contributed by atoms with Gasteiger partial charge >= 0.3 is 0 Å². The van der Waals surface area contributed by atoms with Crippen molar-refractivity contribution in [3.63, 3.8) is 0 Å². The molecule has 0 atom stereocenters. The first-order valence-corrected chi connectivity index (χ1v) is 11.5. The number of hydrogen-bond acceptors (Lipinski definition) is 5. The molecule has 33 heavy (non-hydrogen) atoms. The van der Waals surface area contributed by atoms with Gasteiger partial charge in [0.15, 0.2) is 0 Å². The molecule has 9 heteroatoms. The van der Waals surface area contributed by atoms with E-state index in [1.807, 2.05) is 6.92 Å². The molecule has 0 aliphatic heterocycles. The zero-order chi connectivity index (χ0) is 24.0. The highest BCUT2D eigenvalue weighted by Crippen LogP contribution is 2.29. The summed E-state index contributed by atoms with van der Waals surface area (Å²) in [6.07, 6.45) is 0. The number of nitrogens with one attached hydrogen (secondary N) is 1. The maximum Gasteiger partial charge on any atom is 0.243 e. The van der Waals surface area contributed by atoms with E-state index in [1.54, 1.807) is 36.4 Å². The van der Waals surface area contributed by atoms with Gasteiger partial charge in [0.05, 0.1) is 31.3 Å². The van der Waals surface area contributed by atoms with Crippen LogP contribution in [0.5, 0.6) is 11.5 Å². The van der Waals surface area contributed by atoms with Crippen LogP contribution >= 0.6 is 0 Å². The molecule has 1 amide bonds. The molecule has 0 bridgehead atoms. The second-order valence-electron chi connectivity index (χ2n) is 7.29. The lowest BCUT2D eigenvalue weighted by Gasteiger charge is -2.22. The Bertz CT molecular complexity index is 1230. The first-order valence-electron chi connectivity index (χ1n) is 10.1. The van der Waals surface area contributed by atoms with Gasteiger partial charge in [-0.1, -0.05) is 35.9 Å². The van der Waals surface area contributed by atoms with Gasteiger partial charge < -0.3 is 14.8 Å². The molecule has 3 aromatic carbocycles. The fraction of sp³-hybridized carbons (Fsp3) is 0.208. The van der Waals surface area contributed by atoms with Crippen LogP contribution in [0.2, 0.25) is 0 Å². The van der Waals surface area contributed by atoms with Crippen molar-refractivity contribution in [2.24, 2.45) is 0 Å². The molecule has 0 unspecified atom stereocenters. The van der Waals surface area contributed by atoms with Gasteiger partial charge in [0.1, 0.15) is 17.3 Å². The van der Waals surface area contributed by atoms with Crippen molar-refractivity contribution in [3.05, 3.63) is 83.7 Å². The van der Waals surface area contributed by atoms with E-state index in [9.17, 15) is 17.6 Å². The Kier molecular flexibility index (Phi) is 7.67. The number of carbonyl (C=O) groups is 1. The molecule has 3 rings (SSSR count). The molecule has 1 N–H and O–H groups in total. The fourth-order valence-corrected chi connectivity index (χ4v) is 4.53. The Labute approximate surface area is 192 Å². The second-order valence-corrected chi connectivity index (χ2v) is 9.23. The average Bonchev–Trinajstić information content (AvgIpc) is 2.80. The minimum Gasteiger partial charge on any atom is -0.497 e. The van der Waals surface area contributed by atoms with E-state index in [2.05, 4.69) is 5.32 Å². The van der Waals surface area contributed by atoms with Crippen LogP contribution in [0.15, 0.2) is 71.6 Å². The standard InChI is InChI=1S/C24H25FN2O5S/c1-17-8-11-20(12-9-17)33(29,30)27(15-18-6-4-5-7-21(18)25)16-24(28)26-22-13-10-19(31-2)14-23(22)32-3/h4-14H,15-16H2,1-3H3,(H,26,28). The second kappa shape index (κ2) is 10.5. The van der Waals surface area contributed by atoms with E-state index < -0.39 is 28.3 Å². The zero-order valence-electron chi connectivity index (χ0n) is 18.5. The van der Waals surface area contributed by atoms with Crippen molar-refractivity contribution in [1.82, 2.24) is 4.31 Å². The monoisotopic (exact) mass is 472 g/mol. The largest absolute Gasteiger partial charge is 0.497 e. The number of aryl methyl sites for hydroxylation is 1. The highest BCUT2D eigenvalue weighted by Gasteiger charge is 2.28. The molecule has 7 nitrogen and oxygen atoms in total. The third-order valence-electron chi connectivity index (χ3n) is 4.97. The number of carbonyl (C=O) groups excluding carboxylic acids is 1. The highest BCUT2D eigenvalue weighted by atomic mass is 32.2. The van der Waals surface area contributed by atoms with Crippen LogP contribution in [0.4, 0.5) is 10.1 Å². The summed E-state index contributed by atoms with van der Waals surface area (Å²) < 4.78 is 52.3. The van der Waals surface area contributed by atoms with Crippen LogP contribution in [0.3, 0.4) is 0 Å². The molecule has 0 fully saturated rings. The third-order valence-corrected chi connectivity index (χ3v) is 6.77. The Morgan fingerprint density at radius 1 is 1.00 bits per heavy atom. The Morgan fingerprint density at radius 2 is 1.70 bits per heavy atom. The van der Waals surface area contributed by atoms with Crippen molar-refractivity contribution in [3.8, 4) is 11.5 Å². The van der Waals surface area contributed by atoms with Crippen molar-refractivity contribution in [2.75, 3.05) is 26.1 Å². The molecule has 0 aromatic heterocycles. The average molecular weight is 473 g/mol. The van der Waals surface area contributed by atoms with Gasteiger partial charge in [-0.25, -0.2) is 12.8 Å². The first-order chi connectivity index (χ1) is 15.7. The molecule has 0 heterocycles. The number of anilines is 1. The number of methoxy groups -OCH3 is 2. The molecule has 0 aliphatic carbocycles. The number of sulfonamides is 1. The lowest BCUT2D eigenvalue weighted by atomic mass is 10.2. The molecule has 0 saturated carbocycles. The summed E-state index contributed by atoms with van der Waals surface area (Å²) in [6, 6.07) is 16.9. The number of halogens is 1. The third kappa shape index (κ3) is 5.88. The fourth-order valence-electron chi connectivity index (χ4n) is 3.15. The van der Waals surface area contributed by atoms with Gasteiger partial charge in [0.2, 0.25) is 15.9 Å². The Hall–Kier alpha value is -3.43. The van der Waals surface area contributed by atoms with E-state index in [-0.39, 0.29) is 17.0 Å². The van der Waals surface area contributed by atoms with E-state index in [0.717, 1.165) is 9.87 Å². The molecular formula is C24H25FN2O5S. The van der Waals surface area contributed by atoms with Crippen molar-refractivity contribution < 1.29 is 27.1 Å².